The lowest BCUT2D eigenvalue weighted by molar-refractivity contribution is 0.101. The zero-order valence-corrected chi connectivity index (χ0v) is 18.5. The molecule has 0 aromatic carbocycles. The Hall–Kier alpha value is -3.52. The molecule has 0 atom stereocenters. The van der Waals surface area contributed by atoms with Crippen LogP contribution in [0.5, 0.6) is 0 Å². The summed E-state index contributed by atoms with van der Waals surface area (Å²) in [5.41, 5.74) is 3.33. The first-order chi connectivity index (χ1) is 15.0. The molecular formula is C23H24N6OS. The highest BCUT2D eigenvalue weighted by atomic mass is 32.1. The average molecular weight is 433 g/mol. The lowest BCUT2D eigenvalue weighted by Crippen LogP contribution is -2.17. The van der Waals surface area contributed by atoms with E-state index < -0.39 is 0 Å². The van der Waals surface area contributed by atoms with Crippen molar-refractivity contribution in [1.29, 1.82) is 0 Å². The molecule has 4 aromatic heterocycles. The van der Waals surface area contributed by atoms with Crippen molar-refractivity contribution in [3.8, 4) is 0 Å². The van der Waals surface area contributed by atoms with Crippen LogP contribution in [0.25, 0.3) is 12.2 Å². The van der Waals surface area contributed by atoms with Gasteiger partial charge in [-0.3, -0.25) is 15.1 Å². The molecule has 0 fully saturated rings. The SMILES string of the molecule is CC(C)c1nc(/C=C/c2csc(NC(=O)c3cccn3Cc3ccncc3)n2)cn1C. The van der Waals surface area contributed by atoms with E-state index in [2.05, 4.69) is 34.1 Å². The van der Waals surface area contributed by atoms with Crippen molar-refractivity contribution in [3.63, 3.8) is 0 Å². The monoisotopic (exact) mass is 432 g/mol. The summed E-state index contributed by atoms with van der Waals surface area (Å²) >= 11 is 1.40. The Morgan fingerprint density at radius 3 is 2.68 bits per heavy atom. The van der Waals surface area contributed by atoms with Crippen LogP contribution in [0.4, 0.5) is 5.13 Å². The molecule has 0 saturated heterocycles. The predicted molar refractivity (Wildman–Crippen MR) is 124 cm³/mol. The molecule has 4 heterocycles. The number of imidazole rings is 1. The zero-order valence-electron chi connectivity index (χ0n) is 17.7. The van der Waals surface area contributed by atoms with E-state index >= 15 is 0 Å². The summed E-state index contributed by atoms with van der Waals surface area (Å²) in [7, 11) is 2.00. The minimum absolute atomic E-state index is 0.185. The van der Waals surface area contributed by atoms with Crippen molar-refractivity contribution in [3.05, 3.63) is 82.9 Å². The number of aromatic nitrogens is 5. The van der Waals surface area contributed by atoms with Crippen molar-refractivity contribution in [1.82, 2.24) is 24.1 Å². The molecule has 0 aliphatic rings. The van der Waals surface area contributed by atoms with Gasteiger partial charge in [-0.1, -0.05) is 13.8 Å². The van der Waals surface area contributed by atoms with E-state index in [4.69, 9.17) is 0 Å². The first-order valence-corrected chi connectivity index (χ1v) is 10.9. The van der Waals surface area contributed by atoms with E-state index in [0.717, 1.165) is 22.8 Å². The number of nitrogens with one attached hydrogen (secondary N) is 1. The third-order valence-corrected chi connectivity index (χ3v) is 5.56. The summed E-state index contributed by atoms with van der Waals surface area (Å²) in [4.78, 5) is 25.9. The van der Waals surface area contributed by atoms with E-state index in [1.54, 1.807) is 18.5 Å². The van der Waals surface area contributed by atoms with Gasteiger partial charge in [0.15, 0.2) is 5.13 Å². The van der Waals surface area contributed by atoms with Gasteiger partial charge in [0.25, 0.3) is 5.91 Å². The number of rotatable bonds is 7. The van der Waals surface area contributed by atoms with E-state index in [-0.39, 0.29) is 5.91 Å². The molecule has 7 nitrogen and oxygen atoms in total. The summed E-state index contributed by atoms with van der Waals surface area (Å²) in [6, 6.07) is 7.54. The van der Waals surface area contributed by atoms with Crippen LogP contribution in [0, 0.1) is 0 Å². The Morgan fingerprint density at radius 1 is 1.16 bits per heavy atom. The van der Waals surface area contributed by atoms with Crippen LogP contribution in [0.1, 0.15) is 53.0 Å². The van der Waals surface area contributed by atoms with E-state index in [1.807, 2.05) is 64.3 Å². The first kappa shape index (κ1) is 20.7. The van der Waals surface area contributed by atoms with Gasteiger partial charge in [-0.25, -0.2) is 9.97 Å². The van der Waals surface area contributed by atoms with Crippen molar-refractivity contribution < 1.29 is 4.79 Å². The highest BCUT2D eigenvalue weighted by Gasteiger charge is 2.13. The van der Waals surface area contributed by atoms with Gasteiger partial charge in [0.05, 0.1) is 11.4 Å². The predicted octanol–water partition coefficient (Wildman–Crippen LogP) is 4.67. The van der Waals surface area contributed by atoms with Gasteiger partial charge in [0, 0.05) is 49.7 Å². The maximum absolute atomic E-state index is 12.8. The molecule has 0 saturated carbocycles. The molecule has 31 heavy (non-hydrogen) atoms. The third kappa shape index (κ3) is 4.97. The third-order valence-electron chi connectivity index (χ3n) is 4.78. The zero-order chi connectivity index (χ0) is 21.8. The Kier molecular flexibility index (Phi) is 6.08. The lowest BCUT2D eigenvalue weighted by Gasteiger charge is -2.08. The molecule has 0 unspecified atom stereocenters. The number of hydrogen-bond acceptors (Lipinski definition) is 5. The molecule has 0 bridgehead atoms. The second kappa shape index (κ2) is 9.09. The Labute approximate surface area is 185 Å². The molecule has 158 valence electrons. The second-order valence-corrected chi connectivity index (χ2v) is 8.39. The molecule has 4 rings (SSSR count). The van der Waals surface area contributed by atoms with Crippen molar-refractivity contribution in [2.75, 3.05) is 5.32 Å². The average Bonchev–Trinajstić information content (AvgIpc) is 3.47. The Balaban J connectivity index is 1.42. The fourth-order valence-electron chi connectivity index (χ4n) is 3.32. The summed E-state index contributed by atoms with van der Waals surface area (Å²) in [6.45, 7) is 4.85. The molecule has 0 aliphatic carbocycles. The molecule has 8 heteroatoms. The van der Waals surface area contributed by atoms with Gasteiger partial charge in [-0.05, 0) is 42.0 Å². The number of nitrogens with zero attached hydrogens (tertiary/aromatic N) is 5. The number of anilines is 1. The molecule has 1 amide bonds. The van der Waals surface area contributed by atoms with E-state index in [0.29, 0.717) is 23.3 Å². The molecule has 4 aromatic rings. The number of pyridine rings is 1. The van der Waals surface area contributed by atoms with Crippen LogP contribution in [-0.2, 0) is 13.6 Å². The Morgan fingerprint density at radius 2 is 1.94 bits per heavy atom. The van der Waals surface area contributed by atoms with Crippen LogP contribution in [0.15, 0.2) is 54.4 Å². The summed E-state index contributed by atoms with van der Waals surface area (Å²) in [5.74, 6) is 1.22. The van der Waals surface area contributed by atoms with Gasteiger partial charge < -0.3 is 9.13 Å². The summed E-state index contributed by atoms with van der Waals surface area (Å²) in [6.07, 6.45) is 11.2. The largest absolute Gasteiger partial charge is 0.339 e. The number of thiazole rings is 1. The van der Waals surface area contributed by atoms with Crippen LogP contribution in [0.2, 0.25) is 0 Å². The molecule has 0 spiro atoms. The van der Waals surface area contributed by atoms with Gasteiger partial charge >= 0.3 is 0 Å². The lowest BCUT2D eigenvalue weighted by atomic mass is 10.2. The molecule has 0 radical (unpaired) electrons. The Bertz CT molecular complexity index is 1200. The van der Waals surface area contributed by atoms with Gasteiger partial charge in [-0.15, -0.1) is 11.3 Å². The first-order valence-electron chi connectivity index (χ1n) is 10.0. The fourth-order valence-corrected chi connectivity index (χ4v) is 3.99. The number of carbonyl (C=O) groups excluding carboxylic acids is 1. The van der Waals surface area contributed by atoms with Crippen LogP contribution >= 0.6 is 11.3 Å². The minimum atomic E-state index is -0.185. The topological polar surface area (TPSA) is 77.6 Å². The maximum atomic E-state index is 12.8. The van der Waals surface area contributed by atoms with Crippen LogP contribution in [-0.4, -0.2) is 30.0 Å². The number of amides is 1. The van der Waals surface area contributed by atoms with E-state index in [9.17, 15) is 4.79 Å². The maximum Gasteiger partial charge on any atom is 0.274 e. The molecule has 1 N–H and O–H groups in total. The highest BCUT2D eigenvalue weighted by molar-refractivity contribution is 7.14. The van der Waals surface area contributed by atoms with Gasteiger partial charge in [-0.2, -0.15) is 0 Å². The normalized spacial score (nSPS) is 11.5. The number of aryl methyl sites for hydroxylation is 1. The summed E-state index contributed by atoms with van der Waals surface area (Å²) in [5, 5.41) is 5.37. The van der Waals surface area contributed by atoms with Crippen LogP contribution < -0.4 is 5.32 Å². The van der Waals surface area contributed by atoms with Gasteiger partial charge in [0.2, 0.25) is 0 Å². The van der Waals surface area contributed by atoms with Crippen molar-refractivity contribution >= 4 is 34.5 Å². The molecular weight excluding hydrogens is 408 g/mol. The second-order valence-electron chi connectivity index (χ2n) is 7.53. The number of hydrogen-bond donors (Lipinski definition) is 1. The highest BCUT2D eigenvalue weighted by Crippen LogP contribution is 2.20. The van der Waals surface area contributed by atoms with Crippen LogP contribution in [0.3, 0.4) is 0 Å². The standard InChI is InChI=1S/C23H24N6OS/c1-16(2)21-25-18(14-28(21)3)6-7-19-15-31-23(26-19)27-22(30)20-5-4-12-29(20)13-17-8-10-24-11-9-17/h4-12,14-16H,13H2,1-3H3,(H,26,27,30)/b7-6+. The smallest absolute Gasteiger partial charge is 0.274 e. The number of carbonyl (C=O) groups is 1. The fraction of sp³-hybridized carbons (Fsp3) is 0.217. The van der Waals surface area contributed by atoms with Crippen molar-refractivity contribution in [2.24, 2.45) is 7.05 Å². The molecule has 0 aliphatic heterocycles. The summed E-state index contributed by atoms with van der Waals surface area (Å²) < 4.78 is 3.95. The van der Waals surface area contributed by atoms with Crippen molar-refractivity contribution in [2.45, 2.75) is 26.3 Å². The van der Waals surface area contributed by atoms with E-state index in [1.165, 1.54) is 11.3 Å². The van der Waals surface area contributed by atoms with Gasteiger partial charge in [0.1, 0.15) is 11.5 Å². The minimum Gasteiger partial charge on any atom is -0.339 e. The quantitative estimate of drug-likeness (QED) is 0.460.